The van der Waals surface area contributed by atoms with Gasteiger partial charge in [-0.2, -0.15) is 10.2 Å². The predicted molar refractivity (Wildman–Crippen MR) is 83.5 cm³/mol. The van der Waals surface area contributed by atoms with E-state index in [9.17, 15) is 0 Å². The maximum absolute atomic E-state index is 4.61. The van der Waals surface area contributed by atoms with Crippen LogP contribution in [0.5, 0.6) is 0 Å². The Morgan fingerprint density at radius 3 is 2.95 bits per heavy atom. The van der Waals surface area contributed by atoms with Gasteiger partial charge in [0.2, 0.25) is 0 Å². The third-order valence-corrected chi connectivity index (χ3v) is 4.44. The number of anilines is 1. The van der Waals surface area contributed by atoms with Gasteiger partial charge in [0.25, 0.3) is 0 Å². The summed E-state index contributed by atoms with van der Waals surface area (Å²) < 4.78 is 4.89. The Bertz CT molecular complexity index is 719. The zero-order valence-corrected chi connectivity index (χ0v) is 13.5. The van der Waals surface area contributed by atoms with Crippen LogP contribution in [-0.2, 0) is 13.6 Å². The molecular formula is C13H19N7S. The number of hydrogen-bond acceptors (Lipinski definition) is 6. The van der Waals surface area contributed by atoms with Crippen molar-refractivity contribution in [3.63, 3.8) is 0 Å². The van der Waals surface area contributed by atoms with Crippen LogP contribution >= 0.6 is 11.3 Å². The molecule has 0 aliphatic heterocycles. The van der Waals surface area contributed by atoms with Crippen LogP contribution in [0.25, 0.3) is 10.3 Å². The molecule has 3 aromatic heterocycles. The van der Waals surface area contributed by atoms with Gasteiger partial charge in [0.1, 0.15) is 12.2 Å². The molecule has 3 heterocycles. The number of fused-ring (bicyclic) bond motifs is 1. The summed E-state index contributed by atoms with van der Waals surface area (Å²) in [6, 6.07) is 0.0628. The Labute approximate surface area is 127 Å². The van der Waals surface area contributed by atoms with Crippen molar-refractivity contribution in [1.82, 2.24) is 29.5 Å². The average Bonchev–Trinajstić information content (AvgIpc) is 3.10. The fraction of sp³-hybridized carbons (Fsp3) is 0.538. The Morgan fingerprint density at radius 1 is 1.43 bits per heavy atom. The van der Waals surface area contributed by atoms with Gasteiger partial charge in [-0.3, -0.25) is 0 Å². The summed E-state index contributed by atoms with van der Waals surface area (Å²) in [6.45, 7) is 7.09. The molecule has 0 bridgehead atoms. The molecule has 3 rings (SSSR count). The van der Waals surface area contributed by atoms with Crippen LogP contribution in [0, 0.1) is 6.92 Å². The quantitative estimate of drug-likeness (QED) is 0.784. The zero-order valence-electron chi connectivity index (χ0n) is 12.7. The lowest BCUT2D eigenvalue weighted by atomic mass is 10.3. The van der Waals surface area contributed by atoms with Gasteiger partial charge in [-0.25, -0.2) is 19.3 Å². The van der Waals surface area contributed by atoms with Crippen LogP contribution in [0.15, 0.2) is 6.33 Å². The third-order valence-electron chi connectivity index (χ3n) is 3.35. The van der Waals surface area contributed by atoms with E-state index < -0.39 is 0 Å². The lowest BCUT2D eigenvalue weighted by Crippen LogP contribution is -2.14. The van der Waals surface area contributed by atoms with E-state index in [-0.39, 0.29) is 6.04 Å². The second-order valence-electron chi connectivity index (χ2n) is 5.09. The smallest absolute Gasteiger partial charge is 0.186 e. The van der Waals surface area contributed by atoms with E-state index in [1.54, 1.807) is 17.7 Å². The molecule has 0 fully saturated rings. The molecule has 1 atom stereocenters. The van der Waals surface area contributed by atoms with E-state index in [1.807, 2.05) is 23.3 Å². The molecule has 21 heavy (non-hydrogen) atoms. The van der Waals surface area contributed by atoms with E-state index in [0.717, 1.165) is 40.0 Å². The molecule has 0 aromatic carbocycles. The van der Waals surface area contributed by atoms with Gasteiger partial charge in [-0.1, -0.05) is 18.3 Å². The highest BCUT2D eigenvalue weighted by molar-refractivity contribution is 7.22. The van der Waals surface area contributed by atoms with Gasteiger partial charge >= 0.3 is 0 Å². The topological polar surface area (TPSA) is 73.5 Å². The van der Waals surface area contributed by atoms with Crippen molar-refractivity contribution in [2.45, 2.75) is 39.8 Å². The van der Waals surface area contributed by atoms with Crippen molar-refractivity contribution in [3.8, 4) is 0 Å². The van der Waals surface area contributed by atoms with Crippen molar-refractivity contribution in [1.29, 1.82) is 0 Å². The second-order valence-corrected chi connectivity index (χ2v) is 6.09. The molecule has 0 aliphatic carbocycles. The summed E-state index contributed by atoms with van der Waals surface area (Å²) in [4.78, 5) is 8.97. The summed E-state index contributed by atoms with van der Waals surface area (Å²) in [5, 5.41) is 12.9. The van der Waals surface area contributed by atoms with Crippen LogP contribution in [0.4, 0.5) is 5.13 Å². The molecule has 1 N–H and O–H groups in total. The molecule has 0 radical (unpaired) electrons. The molecule has 0 saturated carbocycles. The SMILES string of the molecule is CCCn1ncnc1[C@@H](C)Nc1nc2c(s1)c(C)nn2C. The molecule has 8 heteroatoms. The standard InChI is InChI=1S/C13H19N7S/c1-5-6-20-11(14-7-15-20)9(3)16-13-17-12-10(21-13)8(2)18-19(12)4/h7,9H,5-6H2,1-4H3,(H,16,17)/t9-/m1/s1. The first-order valence-electron chi connectivity index (χ1n) is 7.04. The minimum Gasteiger partial charge on any atom is -0.352 e. The van der Waals surface area contributed by atoms with Gasteiger partial charge in [0.05, 0.1) is 16.4 Å². The normalized spacial score (nSPS) is 13.0. The van der Waals surface area contributed by atoms with Crippen molar-refractivity contribution >= 4 is 26.8 Å². The molecule has 0 unspecified atom stereocenters. The van der Waals surface area contributed by atoms with Crippen LogP contribution in [0.3, 0.4) is 0 Å². The molecular weight excluding hydrogens is 286 g/mol. The Hall–Kier alpha value is -1.96. The first kappa shape index (κ1) is 14.0. The molecule has 7 nitrogen and oxygen atoms in total. The molecule has 112 valence electrons. The van der Waals surface area contributed by atoms with Crippen LogP contribution in [-0.4, -0.2) is 29.5 Å². The van der Waals surface area contributed by atoms with Crippen LogP contribution < -0.4 is 5.32 Å². The summed E-state index contributed by atoms with van der Waals surface area (Å²) in [5.41, 5.74) is 1.93. The van der Waals surface area contributed by atoms with Crippen molar-refractivity contribution in [3.05, 3.63) is 17.8 Å². The number of rotatable bonds is 5. The zero-order chi connectivity index (χ0) is 15.0. The number of aryl methyl sites for hydroxylation is 3. The Morgan fingerprint density at radius 2 is 2.24 bits per heavy atom. The van der Waals surface area contributed by atoms with Gasteiger partial charge in [-0.05, 0) is 20.3 Å². The first-order chi connectivity index (χ1) is 10.1. The first-order valence-corrected chi connectivity index (χ1v) is 7.86. The van der Waals surface area contributed by atoms with Crippen LogP contribution in [0.1, 0.15) is 37.8 Å². The van der Waals surface area contributed by atoms with Crippen molar-refractivity contribution < 1.29 is 0 Å². The lowest BCUT2D eigenvalue weighted by Gasteiger charge is -2.13. The summed E-state index contributed by atoms with van der Waals surface area (Å²) >= 11 is 1.63. The van der Waals surface area contributed by atoms with Crippen molar-refractivity contribution in [2.75, 3.05) is 5.32 Å². The van der Waals surface area contributed by atoms with E-state index in [4.69, 9.17) is 0 Å². The van der Waals surface area contributed by atoms with Crippen LogP contribution in [0.2, 0.25) is 0 Å². The fourth-order valence-electron chi connectivity index (χ4n) is 2.39. The molecule has 0 amide bonds. The van der Waals surface area contributed by atoms with E-state index in [2.05, 4.69) is 39.3 Å². The number of hydrogen-bond donors (Lipinski definition) is 1. The predicted octanol–water partition coefficient (Wildman–Crippen LogP) is 2.51. The molecule has 0 spiro atoms. The van der Waals surface area contributed by atoms with Gasteiger partial charge in [0, 0.05) is 13.6 Å². The molecule has 0 saturated heterocycles. The maximum Gasteiger partial charge on any atom is 0.186 e. The minimum absolute atomic E-state index is 0.0628. The summed E-state index contributed by atoms with van der Waals surface area (Å²) in [5.74, 6) is 0.936. The average molecular weight is 305 g/mol. The highest BCUT2D eigenvalue weighted by atomic mass is 32.1. The van der Waals surface area contributed by atoms with Gasteiger partial charge in [-0.15, -0.1) is 0 Å². The maximum atomic E-state index is 4.61. The second kappa shape index (κ2) is 5.44. The minimum atomic E-state index is 0.0628. The fourth-order valence-corrected chi connectivity index (χ4v) is 3.41. The van der Waals surface area contributed by atoms with E-state index >= 15 is 0 Å². The number of nitrogens with one attached hydrogen (secondary N) is 1. The highest BCUT2D eigenvalue weighted by Gasteiger charge is 2.17. The summed E-state index contributed by atoms with van der Waals surface area (Å²) in [6.07, 6.45) is 2.64. The highest BCUT2D eigenvalue weighted by Crippen LogP contribution is 2.30. The van der Waals surface area contributed by atoms with E-state index in [1.165, 1.54) is 0 Å². The van der Waals surface area contributed by atoms with E-state index in [0.29, 0.717) is 0 Å². The number of aromatic nitrogens is 6. The third kappa shape index (κ3) is 2.51. The number of nitrogens with zero attached hydrogens (tertiary/aromatic N) is 6. The van der Waals surface area contributed by atoms with Crippen molar-refractivity contribution in [2.24, 2.45) is 7.05 Å². The Kier molecular flexibility index (Phi) is 3.62. The Balaban J connectivity index is 1.84. The molecule has 3 aromatic rings. The van der Waals surface area contributed by atoms with Gasteiger partial charge < -0.3 is 5.32 Å². The number of thiazole rings is 1. The largest absolute Gasteiger partial charge is 0.352 e. The monoisotopic (exact) mass is 305 g/mol. The molecule has 0 aliphatic rings. The van der Waals surface area contributed by atoms with Gasteiger partial charge in [0.15, 0.2) is 10.8 Å². The lowest BCUT2D eigenvalue weighted by molar-refractivity contribution is 0.553. The summed E-state index contributed by atoms with van der Waals surface area (Å²) in [7, 11) is 1.92.